The molecule has 0 saturated carbocycles. The van der Waals surface area contributed by atoms with Crippen LogP contribution < -0.4 is 9.47 Å². The van der Waals surface area contributed by atoms with Crippen LogP contribution in [0.5, 0.6) is 11.5 Å². The van der Waals surface area contributed by atoms with Gasteiger partial charge in [0.15, 0.2) is 17.8 Å². The number of carbonyl (C=O) groups is 1. The molecule has 0 aliphatic heterocycles. The van der Waals surface area contributed by atoms with Crippen molar-refractivity contribution in [3.05, 3.63) is 58.1 Å². The number of carbonyl (C=O) groups excluding carboxylic acids is 1. The Morgan fingerprint density at radius 3 is 2.50 bits per heavy atom. The maximum absolute atomic E-state index is 11.1. The van der Waals surface area contributed by atoms with Crippen molar-refractivity contribution in [3.63, 3.8) is 0 Å². The molecule has 0 bridgehead atoms. The van der Waals surface area contributed by atoms with E-state index in [0.29, 0.717) is 30.3 Å². The van der Waals surface area contributed by atoms with Gasteiger partial charge in [-0.1, -0.05) is 34.1 Å². The maximum Gasteiger partial charge on any atom is 0.172 e. The highest BCUT2D eigenvalue weighted by Crippen LogP contribution is 2.31. The standard InChI is InChI=1S/C16H15BrO3/c1-2-19-15-5-3-4-13(10-18)16(15)20-11-12-6-8-14(17)9-7-12/h3-10H,2,11H2,1H3. The molecule has 4 heteroatoms. The molecule has 20 heavy (non-hydrogen) atoms. The highest BCUT2D eigenvalue weighted by molar-refractivity contribution is 9.10. The summed E-state index contributed by atoms with van der Waals surface area (Å²) in [6, 6.07) is 13.1. The predicted molar refractivity (Wildman–Crippen MR) is 81.5 cm³/mol. The molecule has 0 heterocycles. The third-order valence-corrected chi connectivity index (χ3v) is 3.26. The Bertz CT molecular complexity index is 579. The monoisotopic (exact) mass is 334 g/mol. The minimum absolute atomic E-state index is 0.387. The normalized spacial score (nSPS) is 10.1. The molecule has 0 N–H and O–H groups in total. The van der Waals surface area contributed by atoms with Crippen LogP contribution in [0.2, 0.25) is 0 Å². The van der Waals surface area contributed by atoms with Gasteiger partial charge in [-0.05, 0) is 36.8 Å². The van der Waals surface area contributed by atoms with Crippen LogP contribution in [0.15, 0.2) is 46.9 Å². The number of hydrogen-bond acceptors (Lipinski definition) is 3. The molecule has 2 rings (SSSR count). The fraction of sp³-hybridized carbons (Fsp3) is 0.188. The summed E-state index contributed by atoms with van der Waals surface area (Å²) >= 11 is 3.39. The van der Waals surface area contributed by atoms with E-state index in [2.05, 4.69) is 15.9 Å². The van der Waals surface area contributed by atoms with Crippen molar-refractivity contribution in [3.8, 4) is 11.5 Å². The lowest BCUT2D eigenvalue weighted by Gasteiger charge is -2.13. The predicted octanol–water partition coefficient (Wildman–Crippen LogP) is 4.24. The van der Waals surface area contributed by atoms with E-state index < -0.39 is 0 Å². The van der Waals surface area contributed by atoms with E-state index in [9.17, 15) is 4.79 Å². The number of aldehydes is 1. The second kappa shape index (κ2) is 7.10. The first kappa shape index (κ1) is 14.6. The highest BCUT2D eigenvalue weighted by atomic mass is 79.9. The molecule has 0 saturated heterocycles. The Labute approximate surface area is 126 Å². The van der Waals surface area contributed by atoms with Gasteiger partial charge >= 0.3 is 0 Å². The lowest BCUT2D eigenvalue weighted by Crippen LogP contribution is -2.02. The van der Waals surface area contributed by atoms with Crippen LogP contribution in [-0.4, -0.2) is 12.9 Å². The van der Waals surface area contributed by atoms with E-state index in [0.717, 1.165) is 16.3 Å². The second-order valence-corrected chi connectivity index (χ2v) is 5.06. The Morgan fingerprint density at radius 2 is 1.85 bits per heavy atom. The van der Waals surface area contributed by atoms with Crippen molar-refractivity contribution in [2.45, 2.75) is 13.5 Å². The lowest BCUT2D eigenvalue weighted by molar-refractivity contribution is 0.111. The van der Waals surface area contributed by atoms with E-state index in [1.165, 1.54) is 0 Å². The van der Waals surface area contributed by atoms with Crippen LogP contribution in [0.25, 0.3) is 0 Å². The zero-order valence-electron chi connectivity index (χ0n) is 11.1. The number of rotatable bonds is 6. The Balaban J connectivity index is 2.18. The number of ether oxygens (including phenoxy) is 2. The van der Waals surface area contributed by atoms with Gasteiger partial charge in [0.25, 0.3) is 0 Å². The third-order valence-electron chi connectivity index (χ3n) is 2.73. The van der Waals surface area contributed by atoms with Gasteiger partial charge in [0, 0.05) is 4.47 Å². The van der Waals surface area contributed by atoms with Gasteiger partial charge < -0.3 is 9.47 Å². The summed E-state index contributed by atoms with van der Waals surface area (Å²) in [6.07, 6.45) is 0.777. The molecular formula is C16H15BrO3. The van der Waals surface area contributed by atoms with Gasteiger partial charge in [0.1, 0.15) is 6.61 Å². The molecule has 2 aromatic carbocycles. The van der Waals surface area contributed by atoms with Crippen molar-refractivity contribution in [2.75, 3.05) is 6.61 Å². The Hall–Kier alpha value is -1.81. The first-order valence-corrected chi connectivity index (χ1v) is 7.12. The average molecular weight is 335 g/mol. The van der Waals surface area contributed by atoms with Crippen molar-refractivity contribution < 1.29 is 14.3 Å². The van der Waals surface area contributed by atoms with Crippen LogP contribution in [0.1, 0.15) is 22.8 Å². The van der Waals surface area contributed by atoms with E-state index in [1.54, 1.807) is 18.2 Å². The molecular weight excluding hydrogens is 320 g/mol. The Kier molecular flexibility index (Phi) is 5.18. The quantitative estimate of drug-likeness (QED) is 0.741. The topological polar surface area (TPSA) is 35.5 Å². The summed E-state index contributed by atoms with van der Waals surface area (Å²) in [4.78, 5) is 11.1. The summed E-state index contributed by atoms with van der Waals surface area (Å²) in [6.45, 7) is 2.81. The molecule has 0 aliphatic carbocycles. The average Bonchev–Trinajstić information content (AvgIpc) is 2.47. The molecule has 0 fully saturated rings. The van der Waals surface area contributed by atoms with E-state index in [-0.39, 0.29) is 0 Å². The number of benzene rings is 2. The molecule has 0 spiro atoms. The van der Waals surface area contributed by atoms with Gasteiger partial charge in [0.2, 0.25) is 0 Å². The number of halogens is 1. The molecule has 104 valence electrons. The van der Waals surface area contributed by atoms with E-state index >= 15 is 0 Å². The molecule has 0 amide bonds. The van der Waals surface area contributed by atoms with Crippen LogP contribution in [0.4, 0.5) is 0 Å². The first-order valence-electron chi connectivity index (χ1n) is 6.33. The Morgan fingerprint density at radius 1 is 1.10 bits per heavy atom. The van der Waals surface area contributed by atoms with Crippen LogP contribution >= 0.6 is 15.9 Å². The van der Waals surface area contributed by atoms with Crippen molar-refractivity contribution in [1.29, 1.82) is 0 Å². The van der Waals surface area contributed by atoms with Crippen LogP contribution in [0.3, 0.4) is 0 Å². The fourth-order valence-corrected chi connectivity index (χ4v) is 2.05. The van der Waals surface area contributed by atoms with Gasteiger partial charge in [-0.3, -0.25) is 4.79 Å². The molecule has 0 radical (unpaired) electrons. The molecule has 0 unspecified atom stereocenters. The molecule has 3 nitrogen and oxygen atoms in total. The third kappa shape index (κ3) is 3.61. The smallest absolute Gasteiger partial charge is 0.172 e. The van der Waals surface area contributed by atoms with Crippen LogP contribution in [0, 0.1) is 0 Å². The fourth-order valence-electron chi connectivity index (χ4n) is 1.79. The van der Waals surface area contributed by atoms with Gasteiger partial charge in [-0.15, -0.1) is 0 Å². The first-order chi connectivity index (χ1) is 9.74. The minimum Gasteiger partial charge on any atom is -0.490 e. The van der Waals surface area contributed by atoms with E-state index in [1.807, 2.05) is 31.2 Å². The van der Waals surface area contributed by atoms with Gasteiger partial charge in [0.05, 0.1) is 12.2 Å². The summed E-state index contributed by atoms with van der Waals surface area (Å²) in [7, 11) is 0. The zero-order chi connectivity index (χ0) is 14.4. The van der Waals surface area contributed by atoms with Crippen molar-refractivity contribution in [1.82, 2.24) is 0 Å². The summed E-state index contributed by atoms with van der Waals surface area (Å²) in [5.41, 5.74) is 1.52. The SMILES string of the molecule is CCOc1cccc(C=O)c1OCc1ccc(Br)cc1. The largest absolute Gasteiger partial charge is 0.490 e. The molecule has 0 aliphatic rings. The van der Waals surface area contributed by atoms with Gasteiger partial charge in [-0.25, -0.2) is 0 Å². The number of hydrogen-bond donors (Lipinski definition) is 0. The zero-order valence-corrected chi connectivity index (χ0v) is 12.7. The second-order valence-electron chi connectivity index (χ2n) is 4.14. The maximum atomic E-state index is 11.1. The number of para-hydroxylation sites is 1. The van der Waals surface area contributed by atoms with Crippen molar-refractivity contribution in [2.24, 2.45) is 0 Å². The molecule has 2 aromatic rings. The summed E-state index contributed by atoms with van der Waals surface area (Å²) in [5, 5.41) is 0. The van der Waals surface area contributed by atoms with E-state index in [4.69, 9.17) is 9.47 Å². The molecule has 0 atom stereocenters. The summed E-state index contributed by atoms with van der Waals surface area (Å²) < 4.78 is 12.3. The minimum atomic E-state index is 0.387. The summed E-state index contributed by atoms with van der Waals surface area (Å²) in [5.74, 6) is 1.08. The van der Waals surface area contributed by atoms with Crippen LogP contribution in [-0.2, 0) is 6.61 Å². The van der Waals surface area contributed by atoms with Gasteiger partial charge in [-0.2, -0.15) is 0 Å². The highest BCUT2D eigenvalue weighted by Gasteiger charge is 2.10. The van der Waals surface area contributed by atoms with Crippen molar-refractivity contribution >= 4 is 22.2 Å². The lowest BCUT2D eigenvalue weighted by atomic mass is 10.2. The molecule has 0 aromatic heterocycles.